The predicted octanol–water partition coefficient (Wildman–Crippen LogP) is 3.73. The highest BCUT2D eigenvalue weighted by Crippen LogP contribution is 2.43. The van der Waals surface area contributed by atoms with Crippen molar-refractivity contribution < 1.29 is 95.1 Å². The lowest BCUT2D eigenvalue weighted by Gasteiger charge is -2.48. The van der Waals surface area contributed by atoms with Gasteiger partial charge in [-0.25, -0.2) is 39.5 Å². The number of aliphatic hydroxyl groups excluding tert-OH is 1. The standard InChI is InChI=1S/C61H63N13O20S6/c1-24(75)40-53(81)71-41(25(2)88-7)56-67-35(23-98-56)52(80)72-44-46-47(94-38-15-61(4,84)48(73(5)6)26(3)93-38)60(83)90-16-27-10-8-11-36-39(27)29(17-89-46)45(74(36)92-12-9-13-100(85,86)87)59(82)91-18-30(63-50(78)33-22-99-58(44)68-33)55-64-31(19-96-55)42-28(54-66-34(21-95-54)51(79)70-40)14-37(76)43(69-42)57-65-32(20-97-57)49(62)77/h8,10-11,14,19-24,26,30,38,40,44,46-48,75-76,84H,9,12-13,15-18H2,1-7H3,(H2,62,77)(H,63,78)(H,70,79)(H,71,81)(H,72,80)(H,85,86,87)/b41-25+. The van der Waals surface area contributed by atoms with Crippen LogP contribution >= 0.6 is 56.7 Å². The first-order valence-corrected chi connectivity index (χ1v) is 36.4. The van der Waals surface area contributed by atoms with Crippen molar-refractivity contribution >= 4 is 125 Å². The number of nitrogens with zero attached hydrogens (tertiary/aromatic N) is 8. The van der Waals surface area contributed by atoms with Crippen LogP contribution in [0, 0.1) is 0 Å². The molecule has 39 heteroatoms. The number of allylic oxidation sites excluding steroid dienone is 1. The van der Waals surface area contributed by atoms with Gasteiger partial charge in [0.15, 0.2) is 18.1 Å². The number of ether oxygens (including phenoxy) is 6. The van der Waals surface area contributed by atoms with Crippen molar-refractivity contribution in [3.63, 3.8) is 0 Å². The first-order chi connectivity index (χ1) is 47.6. The van der Waals surface area contributed by atoms with Gasteiger partial charge in [0.2, 0.25) is 5.91 Å². The number of methoxy groups -OCH3 is 1. The number of cyclic esters (lactones) is 2. The van der Waals surface area contributed by atoms with Gasteiger partial charge in [-0.15, -0.1) is 56.7 Å². The fraction of sp³-hybridized carbons (Fsp3) is 0.393. The van der Waals surface area contributed by atoms with Gasteiger partial charge in [0, 0.05) is 56.3 Å². The number of rotatable bonds is 12. The summed E-state index contributed by atoms with van der Waals surface area (Å²) < 4.78 is 72.8. The fourth-order valence-electron chi connectivity index (χ4n) is 12.0. The van der Waals surface area contributed by atoms with Gasteiger partial charge < -0.3 is 80.5 Å². The van der Waals surface area contributed by atoms with E-state index in [-0.39, 0.29) is 122 Å². The van der Waals surface area contributed by atoms with Crippen molar-refractivity contribution in [2.45, 2.75) is 114 Å². The van der Waals surface area contributed by atoms with Crippen LogP contribution in [-0.4, -0.2) is 198 Å². The van der Waals surface area contributed by atoms with Crippen molar-refractivity contribution in [2.24, 2.45) is 5.73 Å². The highest BCUT2D eigenvalue weighted by atomic mass is 32.2. The number of aliphatic hydroxyl groups is 2. The van der Waals surface area contributed by atoms with Gasteiger partial charge >= 0.3 is 11.9 Å². The van der Waals surface area contributed by atoms with Crippen LogP contribution in [0.5, 0.6) is 5.75 Å². The number of pyridine rings is 1. The van der Waals surface area contributed by atoms with E-state index in [1.165, 1.54) is 53.9 Å². The summed E-state index contributed by atoms with van der Waals surface area (Å²) in [4.78, 5) is 138. The number of hydrogen-bond acceptors (Lipinski definition) is 31. The van der Waals surface area contributed by atoms with Crippen LogP contribution in [0.3, 0.4) is 0 Å². The van der Waals surface area contributed by atoms with E-state index in [0.29, 0.717) is 0 Å². The molecule has 4 aliphatic rings. The van der Waals surface area contributed by atoms with Gasteiger partial charge in [0.25, 0.3) is 33.7 Å². The fourth-order valence-corrected chi connectivity index (χ4v) is 16.7. The Bertz CT molecular complexity index is 4710. The van der Waals surface area contributed by atoms with Crippen LogP contribution in [-0.2, 0) is 61.3 Å². The monoisotopic (exact) mass is 1490 g/mol. The third-order valence-corrected chi connectivity index (χ3v) is 21.8. The molecule has 0 aliphatic carbocycles. The lowest BCUT2D eigenvalue weighted by atomic mass is 9.85. The lowest BCUT2D eigenvalue weighted by molar-refractivity contribution is -0.280. The third-order valence-electron chi connectivity index (χ3n) is 16.5. The smallest absolute Gasteiger partial charge is 0.358 e. The molecule has 10 unspecified atom stereocenters. The lowest BCUT2D eigenvalue weighted by Crippen LogP contribution is -2.62. The van der Waals surface area contributed by atoms with E-state index in [9.17, 15) is 42.7 Å². The molecule has 33 nitrogen and oxygen atoms in total. The number of thiazole rings is 5. The van der Waals surface area contributed by atoms with Crippen molar-refractivity contribution in [1.29, 1.82) is 0 Å². The van der Waals surface area contributed by atoms with E-state index in [1.807, 2.05) is 0 Å². The van der Waals surface area contributed by atoms with Gasteiger partial charge in [-0.05, 0) is 59.5 Å². The number of benzene rings is 1. The van der Waals surface area contributed by atoms with Crippen molar-refractivity contribution in [2.75, 3.05) is 40.2 Å². The maximum Gasteiger partial charge on any atom is 0.358 e. The SMILES string of the molecule is CO/C(C)=C1/NC(=O)C(C(C)O)NC(=O)c2csc(n2)-c2cc(O)c(-c3nc(C(N)=O)cs3)nc2-c2csc(n2)C2COC(=O)c3c4c5c(cccc5n3OCCCS(=O)(=O)O)COC(=O)C(OC3CC(C)(O)C(N(C)C)C(C)O3)C(OC4)C(NC(=O)c3csc1n3)c1nc(cs1)C(=O)N2. The second kappa shape index (κ2) is 28.7. The quantitative estimate of drug-likeness (QED) is 0.0364. The molecule has 0 radical (unpaired) electrons. The highest BCUT2D eigenvalue weighted by molar-refractivity contribution is 7.85. The summed E-state index contributed by atoms with van der Waals surface area (Å²) >= 11 is 4.50. The summed E-state index contributed by atoms with van der Waals surface area (Å²) in [6.45, 7) is 3.68. The number of carbonyl (C=O) groups excluding carboxylic acids is 7. The zero-order valence-electron chi connectivity index (χ0n) is 53.8. The number of fused-ring (bicyclic) bond motifs is 15. The number of amides is 5. The molecule has 4 aliphatic heterocycles. The average molecular weight is 1490 g/mol. The molecule has 1 saturated heterocycles. The van der Waals surface area contributed by atoms with Crippen molar-refractivity contribution in [1.82, 2.24) is 60.8 Å². The molecular weight excluding hydrogens is 1430 g/mol. The van der Waals surface area contributed by atoms with E-state index >= 15 is 19.2 Å². The first-order valence-electron chi connectivity index (χ1n) is 30.4. The molecular formula is C61H63N13O20S6. The summed E-state index contributed by atoms with van der Waals surface area (Å²) in [7, 11) is 0.294. The van der Waals surface area contributed by atoms with Gasteiger partial charge in [-0.3, -0.25) is 28.5 Å². The number of hydrogen-bond donors (Lipinski definition) is 9. The number of nitrogens with one attached hydrogen (secondary N) is 4. The van der Waals surface area contributed by atoms with Crippen LogP contribution in [0.25, 0.3) is 49.3 Å². The summed E-state index contributed by atoms with van der Waals surface area (Å²) in [6, 6.07) is 0.633. The molecule has 12 bridgehead atoms. The topological polar surface area (TPSA) is 459 Å². The Morgan fingerprint density at radius 3 is 2.23 bits per heavy atom. The predicted molar refractivity (Wildman–Crippen MR) is 358 cm³/mol. The molecule has 5 amide bonds. The van der Waals surface area contributed by atoms with Gasteiger partial charge in [0.1, 0.15) is 126 Å². The summed E-state index contributed by atoms with van der Waals surface area (Å²) in [6.07, 6.45) is -8.02. The molecule has 7 aromatic heterocycles. The minimum atomic E-state index is -4.52. The molecule has 11 heterocycles. The third kappa shape index (κ3) is 14.6. The minimum Gasteiger partial charge on any atom is -0.506 e. The Morgan fingerprint density at radius 2 is 1.53 bits per heavy atom. The number of esters is 2. The van der Waals surface area contributed by atoms with E-state index < -0.39 is 150 Å². The van der Waals surface area contributed by atoms with Gasteiger partial charge in [-0.2, -0.15) is 13.1 Å². The number of likely N-dealkylation sites (N-methyl/N-ethyl adjacent to an activating group) is 1. The zero-order valence-corrected chi connectivity index (χ0v) is 58.7. The molecule has 528 valence electrons. The largest absolute Gasteiger partial charge is 0.506 e. The number of aromatic hydroxyl groups is 1. The van der Waals surface area contributed by atoms with Gasteiger partial charge in [-0.1, -0.05) is 12.1 Å². The molecule has 1 fully saturated rings. The summed E-state index contributed by atoms with van der Waals surface area (Å²) in [5, 5.41) is 53.1. The number of aromatic nitrogens is 7. The summed E-state index contributed by atoms with van der Waals surface area (Å²) in [5.74, 6) is -8.04. The molecule has 100 heavy (non-hydrogen) atoms. The first kappa shape index (κ1) is 71.0. The van der Waals surface area contributed by atoms with Crippen LogP contribution in [0.15, 0.2) is 56.9 Å². The Labute approximate surface area is 587 Å². The van der Waals surface area contributed by atoms with E-state index in [0.717, 1.165) is 61.4 Å². The van der Waals surface area contributed by atoms with Crippen LogP contribution < -0.4 is 31.8 Å². The van der Waals surface area contributed by atoms with Crippen molar-refractivity contribution in [3.05, 3.63) is 112 Å². The second-order valence-electron chi connectivity index (χ2n) is 23.9. The Kier molecular flexibility index (Phi) is 20.3. The normalized spacial score (nSPS) is 24.0. The molecule has 10 atom stereocenters. The average Bonchev–Trinajstić information content (AvgIpc) is 1.58. The van der Waals surface area contributed by atoms with Crippen molar-refractivity contribution in [3.8, 4) is 38.4 Å². The Hall–Kier alpha value is -8.84. The molecule has 0 spiro atoms. The molecule has 10 N–H and O–H groups in total. The summed E-state index contributed by atoms with van der Waals surface area (Å²) in [5.41, 5.74) is 3.00. The number of nitrogens with two attached hydrogens (primary N) is 1. The maximum absolute atomic E-state index is 15.5. The van der Waals surface area contributed by atoms with E-state index in [1.54, 1.807) is 51.0 Å². The van der Waals surface area contributed by atoms with E-state index in [4.69, 9.17) is 53.9 Å². The Morgan fingerprint density at radius 1 is 0.860 bits per heavy atom. The second-order valence-corrected chi connectivity index (χ2v) is 29.8. The maximum atomic E-state index is 15.5. The minimum absolute atomic E-state index is 0.00792. The Balaban J connectivity index is 1.07. The number of primary amides is 1. The highest BCUT2D eigenvalue weighted by Gasteiger charge is 2.50. The molecule has 8 aromatic rings. The van der Waals surface area contributed by atoms with Crippen LogP contribution in [0.2, 0.25) is 0 Å². The zero-order chi connectivity index (χ0) is 71.4. The van der Waals surface area contributed by atoms with E-state index in [2.05, 4.69) is 36.2 Å². The molecule has 0 saturated carbocycles. The molecule has 12 rings (SSSR count). The molecule has 1 aromatic carbocycles. The van der Waals surface area contributed by atoms with Gasteiger partial charge in [0.05, 0.1) is 48.8 Å². The van der Waals surface area contributed by atoms with Crippen LogP contribution in [0.1, 0.15) is 131 Å². The van der Waals surface area contributed by atoms with Crippen LogP contribution in [0.4, 0.5) is 0 Å². The number of carbonyl (C=O) groups is 7.